The first-order chi connectivity index (χ1) is 9.15. The molecule has 1 rings (SSSR count). The summed E-state index contributed by atoms with van der Waals surface area (Å²) in [7, 11) is 0. The van der Waals surface area contributed by atoms with E-state index in [4.69, 9.17) is 0 Å². The van der Waals surface area contributed by atoms with Crippen molar-refractivity contribution in [2.75, 3.05) is 0 Å². The average Bonchev–Trinajstić information content (AvgIpc) is 2.41. The Balaban J connectivity index is 3.07. The SMILES string of the molecule is C=C1C(/C(=C/C=C\C#CC)CC)=C(C)CCC1CC. The van der Waals surface area contributed by atoms with Gasteiger partial charge in [-0.05, 0) is 68.2 Å². The molecule has 0 fully saturated rings. The third-order valence-electron chi connectivity index (χ3n) is 3.92. The highest BCUT2D eigenvalue weighted by Gasteiger charge is 2.22. The Labute approximate surface area is 119 Å². The number of hydrogen-bond acceptors (Lipinski definition) is 0. The molecule has 1 aliphatic carbocycles. The first kappa shape index (κ1) is 15.6. The molecule has 1 atom stereocenters. The zero-order chi connectivity index (χ0) is 14.3. The first-order valence-corrected chi connectivity index (χ1v) is 7.32. The van der Waals surface area contributed by atoms with E-state index in [0.717, 1.165) is 6.42 Å². The highest BCUT2D eigenvalue weighted by molar-refractivity contribution is 5.52. The van der Waals surface area contributed by atoms with Gasteiger partial charge >= 0.3 is 0 Å². The lowest BCUT2D eigenvalue weighted by Gasteiger charge is -2.29. The van der Waals surface area contributed by atoms with Gasteiger partial charge in [-0.1, -0.05) is 44.1 Å². The van der Waals surface area contributed by atoms with Crippen molar-refractivity contribution in [2.24, 2.45) is 5.92 Å². The molecule has 0 N–H and O–H groups in total. The molecule has 0 amide bonds. The van der Waals surface area contributed by atoms with Gasteiger partial charge in [-0.2, -0.15) is 0 Å². The Bertz CT molecular complexity index is 472. The zero-order valence-electron chi connectivity index (χ0n) is 12.8. The van der Waals surface area contributed by atoms with Gasteiger partial charge in [0.1, 0.15) is 0 Å². The van der Waals surface area contributed by atoms with Crippen LogP contribution in [0.25, 0.3) is 0 Å². The van der Waals surface area contributed by atoms with E-state index >= 15 is 0 Å². The minimum Gasteiger partial charge on any atom is -0.102 e. The lowest BCUT2D eigenvalue weighted by atomic mass is 9.76. The highest BCUT2D eigenvalue weighted by atomic mass is 14.3. The molecule has 0 aromatic rings. The molecule has 0 bridgehead atoms. The third-order valence-corrected chi connectivity index (χ3v) is 3.92. The van der Waals surface area contributed by atoms with Crippen molar-refractivity contribution in [3.63, 3.8) is 0 Å². The van der Waals surface area contributed by atoms with Gasteiger partial charge in [-0.25, -0.2) is 0 Å². The number of hydrogen-bond donors (Lipinski definition) is 0. The molecule has 1 unspecified atom stereocenters. The van der Waals surface area contributed by atoms with E-state index in [-0.39, 0.29) is 0 Å². The molecule has 0 saturated carbocycles. The van der Waals surface area contributed by atoms with E-state index in [9.17, 15) is 0 Å². The molecule has 0 aliphatic heterocycles. The molecule has 0 heterocycles. The monoisotopic (exact) mass is 254 g/mol. The molecule has 19 heavy (non-hydrogen) atoms. The second kappa shape index (κ2) is 7.85. The topological polar surface area (TPSA) is 0 Å². The van der Waals surface area contributed by atoms with Gasteiger partial charge in [0.15, 0.2) is 0 Å². The van der Waals surface area contributed by atoms with Crippen LogP contribution >= 0.6 is 0 Å². The molecule has 0 radical (unpaired) electrons. The molecular weight excluding hydrogens is 228 g/mol. The third kappa shape index (κ3) is 4.00. The molecule has 0 aromatic carbocycles. The molecule has 0 spiro atoms. The zero-order valence-corrected chi connectivity index (χ0v) is 12.8. The summed E-state index contributed by atoms with van der Waals surface area (Å²) in [6.07, 6.45) is 10.9. The van der Waals surface area contributed by atoms with Crippen LogP contribution in [-0.4, -0.2) is 0 Å². The number of rotatable bonds is 4. The van der Waals surface area contributed by atoms with Crippen molar-refractivity contribution in [1.29, 1.82) is 0 Å². The van der Waals surface area contributed by atoms with Crippen LogP contribution in [0, 0.1) is 17.8 Å². The molecule has 0 heteroatoms. The lowest BCUT2D eigenvalue weighted by Crippen LogP contribution is -2.13. The predicted octanol–water partition coefficient (Wildman–Crippen LogP) is 5.60. The van der Waals surface area contributed by atoms with Crippen molar-refractivity contribution in [2.45, 2.75) is 53.4 Å². The van der Waals surface area contributed by atoms with E-state index in [2.05, 4.69) is 51.3 Å². The average molecular weight is 254 g/mol. The molecular formula is C19H26. The van der Waals surface area contributed by atoms with Crippen LogP contribution in [0.4, 0.5) is 0 Å². The maximum atomic E-state index is 4.36. The summed E-state index contributed by atoms with van der Waals surface area (Å²) in [5.41, 5.74) is 5.66. The Kier molecular flexibility index (Phi) is 6.43. The largest absolute Gasteiger partial charge is 0.102 e. The smallest absolute Gasteiger partial charge is 0.00235 e. The van der Waals surface area contributed by atoms with Gasteiger partial charge in [0.2, 0.25) is 0 Å². The molecule has 1 aliphatic rings. The Morgan fingerprint density at radius 2 is 2.16 bits per heavy atom. The molecule has 102 valence electrons. The van der Waals surface area contributed by atoms with Gasteiger partial charge < -0.3 is 0 Å². The Morgan fingerprint density at radius 3 is 2.74 bits per heavy atom. The van der Waals surface area contributed by atoms with E-state index in [1.807, 2.05) is 13.0 Å². The highest BCUT2D eigenvalue weighted by Crippen LogP contribution is 2.39. The normalized spacial score (nSPS) is 20.7. The van der Waals surface area contributed by atoms with Crippen molar-refractivity contribution in [1.82, 2.24) is 0 Å². The van der Waals surface area contributed by atoms with Gasteiger partial charge in [0.25, 0.3) is 0 Å². The molecule has 0 aromatic heterocycles. The van der Waals surface area contributed by atoms with Gasteiger partial charge in [-0.15, -0.1) is 5.92 Å². The predicted molar refractivity (Wildman–Crippen MR) is 85.8 cm³/mol. The van der Waals surface area contributed by atoms with E-state index in [0.29, 0.717) is 5.92 Å². The van der Waals surface area contributed by atoms with Crippen LogP contribution in [0.3, 0.4) is 0 Å². The summed E-state index contributed by atoms with van der Waals surface area (Å²) < 4.78 is 0. The van der Waals surface area contributed by atoms with Crippen LogP contribution in [0.15, 0.2) is 47.1 Å². The lowest BCUT2D eigenvalue weighted by molar-refractivity contribution is 0.527. The molecule has 0 saturated heterocycles. The van der Waals surface area contributed by atoms with Crippen molar-refractivity contribution in [3.8, 4) is 11.8 Å². The van der Waals surface area contributed by atoms with E-state index in [1.165, 1.54) is 41.6 Å². The van der Waals surface area contributed by atoms with Gasteiger partial charge in [-0.3, -0.25) is 0 Å². The van der Waals surface area contributed by atoms with Crippen LogP contribution in [0.1, 0.15) is 53.4 Å². The van der Waals surface area contributed by atoms with Crippen molar-refractivity contribution >= 4 is 0 Å². The van der Waals surface area contributed by atoms with Gasteiger partial charge in [0, 0.05) is 0 Å². The summed E-state index contributed by atoms with van der Waals surface area (Å²) in [5, 5.41) is 0. The fourth-order valence-corrected chi connectivity index (χ4v) is 2.77. The van der Waals surface area contributed by atoms with Crippen LogP contribution in [0.5, 0.6) is 0 Å². The Morgan fingerprint density at radius 1 is 1.42 bits per heavy atom. The summed E-state index contributed by atoms with van der Waals surface area (Å²) in [4.78, 5) is 0. The van der Waals surface area contributed by atoms with Crippen molar-refractivity contribution in [3.05, 3.63) is 47.1 Å². The number of allylic oxidation sites excluding steroid dienone is 7. The van der Waals surface area contributed by atoms with Gasteiger partial charge in [0.05, 0.1) is 0 Å². The quantitative estimate of drug-likeness (QED) is 0.453. The fourth-order valence-electron chi connectivity index (χ4n) is 2.77. The van der Waals surface area contributed by atoms with Crippen LogP contribution < -0.4 is 0 Å². The minimum absolute atomic E-state index is 0.660. The standard InChI is InChI=1S/C19H26/c1-6-9-10-11-12-18(8-3)19-15(4)13-14-17(7-2)16(19)5/h10-12,17H,5,7-8,13-14H2,1-4H3/b11-10-,18-12+. The summed E-state index contributed by atoms with van der Waals surface area (Å²) in [6.45, 7) is 13.0. The second-order valence-electron chi connectivity index (χ2n) is 5.12. The first-order valence-electron chi connectivity index (χ1n) is 7.32. The maximum Gasteiger partial charge on any atom is -0.00235 e. The van der Waals surface area contributed by atoms with E-state index in [1.54, 1.807) is 0 Å². The fraction of sp³-hybridized carbons (Fsp3) is 0.474. The van der Waals surface area contributed by atoms with Crippen molar-refractivity contribution < 1.29 is 0 Å². The maximum absolute atomic E-state index is 4.36. The van der Waals surface area contributed by atoms with E-state index < -0.39 is 0 Å². The molecule has 0 nitrogen and oxygen atoms in total. The second-order valence-corrected chi connectivity index (χ2v) is 5.12. The van der Waals surface area contributed by atoms with Crippen LogP contribution in [0.2, 0.25) is 0 Å². The summed E-state index contributed by atoms with van der Waals surface area (Å²) >= 11 is 0. The van der Waals surface area contributed by atoms with Crippen LogP contribution in [-0.2, 0) is 0 Å². The minimum atomic E-state index is 0.660. The Hall–Kier alpha value is -1.48. The summed E-state index contributed by atoms with van der Waals surface area (Å²) in [5.74, 6) is 6.50. The summed E-state index contributed by atoms with van der Waals surface area (Å²) in [6, 6.07) is 0.